The Morgan fingerprint density at radius 3 is 2.30 bits per heavy atom. The second kappa shape index (κ2) is 9.67. The van der Waals surface area contributed by atoms with E-state index in [4.69, 9.17) is 0 Å². The number of carbonyl (C=O) groups excluding carboxylic acids is 2. The summed E-state index contributed by atoms with van der Waals surface area (Å²) in [5.41, 5.74) is 0.840. The van der Waals surface area contributed by atoms with Crippen molar-refractivity contribution in [2.75, 3.05) is 56.0 Å². The minimum Gasteiger partial charge on any atom is -0.337 e. The van der Waals surface area contributed by atoms with Gasteiger partial charge < -0.3 is 20.0 Å². The first-order chi connectivity index (χ1) is 14.7. The summed E-state index contributed by atoms with van der Waals surface area (Å²) in [4.78, 5) is 39.1. The summed E-state index contributed by atoms with van der Waals surface area (Å²) in [7, 11) is 0. The van der Waals surface area contributed by atoms with Crippen molar-refractivity contribution >= 4 is 23.5 Å². The molecule has 4 rings (SSSR count). The van der Waals surface area contributed by atoms with E-state index in [2.05, 4.69) is 20.2 Å². The van der Waals surface area contributed by atoms with E-state index in [0.717, 1.165) is 50.7 Å². The molecule has 2 fully saturated rings. The zero-order valence-electron chi connectivity index (χ0n) is 17.2. The maximum Gasteiger partial charge on any atom is 0.277 e. The quantitative estimate of drug-likeness (QED) is 0.730. The Bertz CT molecular complexity index is 831. The number of piperazine rings is 1. The monoisotopic (exact) mass is 409 g/mol. The number of hydrogen-bond acceptors (Lipinski definition) is 5. The molecule has 2 N–H and O–H groups in total. The van der Waals surface area contributed by atoms with E-state index in [0.29, 0.717) is 19.6 Å². The molecule has 158 valence electrons. The van der Waals surface area contributed by atoms with Crippen LogP contribution in [0.25, 0.3) is 0 Å². The van der Waals surface area contributed by atoms with Gasteiger partial charge in [-0.3, -0.25) is 9.59 Å². The summed E-state index contributed by atoms with van der Waals surface area (Å²) in [6.45, 7) is 5.14. The number of benzene rings is 1. The fraction of sp³-hybridized carbons (Fsp3) is 0.455. The summed E-state index contributed by atoms with van der Waals surface area (Å²) in [5, 5.41) is 3.00. The molecule has 2 saturated heterocycles. The largest absolute Gasteiger partial charge is 0.337 e. The predicted molar refractivity (Wildman–Crippen MR) is 114 cm³/mol. The van der Waals surface area contributed by atoms with Crippen LogP contribution in [-0.2, 0) is 9.59 Å². The van der Waals surface area contributed by atoms with E-state index in [1.165, 1.54) is 4.90 Å². The molecule has 0 spiro atoms. The molecule has 0 unspecified atom stereocenters. The number of nitrogens with zero attached hydrogens (tertiary/aromatic N) is 4. The van der Waals surface area contributed by atoms with E-state index in [9.17, 15) is 9.59 Å². The average molecular weight is 410 g/mol. The highest BCUT2D eigenvalue weighted by molar-refractivity contribution is 5.92. The van der Waals surface area contributed by atoms with Crippen LogP contribution in [0.1, 0.15) is 12.8 Å². The number of likely N-dealkylation sites (tertiary alicyclic amines) is 1. The van der Waals surface area contributed by atoms with E-state index < -0.39 is 0 Å². The topological polar surface area (TPSA) is 82.9 Å². The van der Waals surface area contributed by atoms with Gasteiger partial charge in [-0.2, -0.15) is 0 Å². The van der Waals surface area contributed by atoms with Gasteiger partial charge in [0, 0.05) is 63.0 Å². The predicted octanol–water partition coefficient (Wildman–Crippen LogP) is 0.0588. The van der Waals surface area contributed by atoms with Gasteiger partial charge in [0.1, 0.15) is 0 Å². The lowest BCUT2D eigenvalue weighted by Gasteiger charge is -2.35. The summed E-state index contributed by atoms with van der Waals surface area (Å²) in [5.74, 6) is 1.04. The van der Waals surface area contributed by atoms with Crippen molar-refractivity contribution in [2.24, 2.45) is 5.92 Å². The average Bonchev–Trinajstić information content (AvgIpc) is 2.81. The van der Waals surface area contributed by atoms with Crippen LogP contribution in [0.15, 0.2) is 48.8 Å². The number of carbonyl (C=O) groups is 2. The van der Waals surface area contributed by atoms with Gasteiger partial charge >= 0.3 is 0 Å². The van der Waals surface area contributed by atoms with Crippen LogP contribution in [0.5, 0.6) is 0 Å². The van der Waals surface area contributed by atoms with Crippen molar-refractivity contribution in [1.29, 1.82) is 0 Å². The summed E-state index contributed by atoms with van der Waals surface area (Å²) >= 11 is 0. The van der Waals surface area contributed by atoms with Crippen LogP contribution < -0.4 is 15.1 Å². The molecular weight excluding hydrogens is 380 g/mol. The molecule has 1 aromatic heterocycles. The summed E-state index contributed by atoms with van der Waals surface area (Å²) < 4.78 is 0. The molecule has 3 heterocycles. The molecule has 2 aliphatic rings. The number of piperidine rings is 1. The standard InChI is InChI=1S/C22H28N6O2/c29-20(27-13-15-28(16-14-27)22-23-9-4-10-24-22)17-26-11-7-18(8-12-26)21(30)25-19-5-2-1-3-6-19/h1-6,9-10,18H,7-8,11-17H2,(H,25,30)/p+1. The molecular formula is C22H29N6O2+. The summed E-state index contributed by atoms with van der Waals surface area (Å²) in [6, 6.07) is 11.4. The van der Waals surface area contributed by atoms with Crippen molar-refractivity contribution in [3.8, 4) is 0 Å². The van der Waals surface area contributed by atoms with E-state index in [1.54, 1.807) is 18.5 Å². The van der Waals surface area contributed by atoms with Gasteiger partial charge in [-0.1, -0.05) is 18.2 Å². The minimum absolute atomic E-state index is 0.0264. The molecule has 8 nitrogen and oxygen atoms in total. The van der Waals surface area contributed by atoms with Crippen molar-refractivity contribution in [1.82, 2.24) is 14.9 Å². The smallest absolute Gasteiger partial charge is 0.277 e. The maximum absolute atomic E-state index is 12.7. The fourth-order valence-corrected chi connectivity index (χ4v) is 4.17. The third-order valence-corrected chi connectivity index (χ3v) is 5.97. The molecule has 0 radical (unpaired) electrons. The van der Waals surface area contributed by atoms with Crippen LogP contribution in [0.3, 0.4) is 0 Å². The number of rotatable bonds is 5. The SMILES string of the molecule is O=C(Nc1ccccc1)C1CC[NH+](CC(=O)N2CCN(c3ncccn3)CC2)CC1. The van der Waals surface area contributed by atoms with Crippen molar-refractivity contribution in [3.05, 3.63) is 48.8 Å². The molecule has 2 amide bonds. The Kier molecular flexibility index (Phi) is 6.53. The highest BCUT2D eigenvalue weighted by atomic mass is 16.2. The molecule has 0 saturated carbocycles. The van der Waals surface area contributed by atoms with Gasteiger partial charge in [0.15, 0.2) is 6.54 Å². The lowest BCUT2D eigenvalue weighted by Crippen LogP contribution is -3.14. The zero-order valence-corrected chi connectivity index (χ0v) is 17.2. The first kappa shape index (κ1) is 20.3. The first-order valence-electron chi connectivity index (χ1n) is 10.7. The van der Waals surface area contributed by atoms with Gasteiger partial charge in [-0.15, -0.1) is 0 Å². The lowest BCUT2D eigenvalue weighted by molar-refractivity contribution is -0.898. The fourth-order valence-electron chi connectivity index (χ4n) is 4.17. The number of quaternary nitrogens is 1. The van der Waals surface area contributed by atoms with E-state index in [-0.39, 0.29) is 17.7 Å². The number of anilines is 2. The summed E-state index contributed by atoms with van der Waals surface area (Å²) in [6.07, 6.45) is 5.13. The Labute approximate surface area is 176 Å². The molecule has 0 bridgehead atoms. The number of para-hydroxylation sites is 1. The second-order valence-corrected chi connectivity index (χ2v) is 7.97. The third-order valence-electron chi connectivity index (χ3n) is 5.97. The second-order valence-electron chi connectivity index (χ2n) is 7.97. The van der Waals surface area contributed by atoms with Crippen molar-refractivity contribution < 1.29 is 14.5 Å². The Balaban J connectivity index is 1.19. The van der Waals surface area contributed by atoms with E-state index in [1.807, 2.05) is 35.2 Å². The van der Waals surface area contributed by atoms with Crippen LogP contribution >= 0.6 is 0 Å². The molecule has 0 aliphatic carbocycles. The zero-order chi connectivity index (χ0) is 20.8. The molecule has 2 aromatic rings. The highest BCUT2D eigenvalue weighted by Gasteiger charge is 2.30. The molecule has 0 atom stereocenters. The minimum atomic E-state index is 0.0264. The van der Waals surface area contributed by atoms with Gasteiger partial charge in [0.05, 0.1) is 13.1 Å². The molecule has 1 aromatic carbocycles. The van der Waals surface area contributed by atoms with Crippen LogP contribution in [0.2, 0.25) is 0 Å². The number of aromatic nitrogens is 2. The van der Waals surface area contributed by atoms with Crippen molar-refractivity contribution in [3.63, 3.8) is 0 Å². The molecule has 30 heavy (non-hydrogen) atoms. The van der Waals surface area contributed by atoms with E-state index >= 15 is 0 Å². The van der Waals surface area contributed by atoms with Gasteiger partial charge in [-0.05, 0) is 18.2 Å². The van der Waals surface area contributed by atoms with Crippen LogP contribution in [-0.4, -0.2) is 72.5 Å². The molecule has 8 heteroatoms. The Hall–Kier alpha value is -3.00. The number of amides is 2. The molecule has 2 aliphatic heterocycles. The van der Waals surface area contributed by atoms with Gasteiger partial charge in [0.25, 0.3) is 5.91 Å². The Morgan fingerprint density at radius 2 is 1.63 bits per heavy atom. The van der Waals surface area contributed by atoms with Crippen LogP contribution in [0, 0.1) is 5.92 Å². The van der Waals surface area contributed by atoms with Gasteiger partial charge in [-0.25, -0.2) is 9.97 Å². The number of hydrogen-bond donors (Lipinski definition) is 2. The highest BCUT2D eigenvalue weighted by Crippen LogP contribution is 2.14. The first-order valence-corrected chi connectivity index (χ1v) is 10.7. The lowest BCUT2D eigenvalue weighted by atomic mass is 9.95. The van der Waals surface area contributed by atoms with Crippen LogP contribution in [0.4, 0.5) is 11.6 Å². The number of nitrogens with one attached hydrogen (secondary N) is 2. The Morgan fingerprint density at radius 1 is 0.967 bits per heavy atom. The van der Waals surface area contributed by atoms with Crippen molar-refractivity contribution in [2.45, 2.75) is 12.8 Å². The van der Waals surface area contributed by atoms with Gasteiger partial charge in [0.2, 0.25) is 11.9 Å². The normalized spacial score (nSPS) is 21.9. The third kappa shape index (κ3) is 5.13. The maximum atomic E-state index is 12.7.